The van der Waals surface area contributed by atoms with Gasteiger partial charge in [-0.1, -0.05) is 133 Å². The van der Waals surface area contributed by atoms with Gasteiger partial charge in [0, 0.05) is 33.9 Å². The molecule has 4 aliphatic heterocycles. The van der Waals surface area contributed by atoms with E-state index in [9.17, 15) is 0 Å². The van der Waals surface area contributed by atoms with Crippen LogP contribution in [0.3, 0.4) is 0 Å². The van der Waals surface area contributed by atoms with Gasteiger partial charge in [-0.3, -0.25) is 0 Å². The summed E-state index contributed by atoms with van der Waals surface area (Å²) >= 11 is 4.10. The number of aryl methyl sites for hydroxylation is 2. The average Bonchev–Trinajstić information content (AvgIpc) is 3.51. The number of nitrogens with zero attached hydrogens (tertiary/aromatic N) is 2. The molecular formula is C54H70N2S2. The number of thioether (sulfide) groups is 2. The fourth-order valence-electron chi connectivity index (χ4n) is 9.60. The van der Waals surface area contributed by atoms with Crippen molar-refractivity contribution in [2.24, 2.45) is 17.8 Å². The van der Waals surface area contributed by atoms with E-state index in [1.807, 2.05) is 11.8 Å². The largest absolute Gasteiger partial charge is 0.303 e. The zero-order valence-electron chi connectivity index (χ0n) is 36.1. The zero-order valence-corrected chi connectivity index (χ0v) is 37.8. The van der Waals surface area contributed by atoms with Crippen molar-refractivity contribution in [3.63, 3.8) is 0 Å². The van der Waals surface area contributed by atoms with Crippen LogP contribution in [0.2, 0.25) is 0 Å². The van der Waals surface area contributed by atoms with E-state index < -0.39 is 0 Å². The molecule has 58 heavy (non-hydrogen) atoms. The third-order valence-corrected chi connectivity index (χ3v) is 16.0. The molecule has 0 aromatic heterocycles. The van der Waals surface area contributed by atoms with Gasteiger partial charge in [-0.2, -0.15) is 0 Å². The molecule has 4 aromatic carbocycles. The lowest BCUT2D eigenvalue weighted by Crippen LogP contribution is -2.34. The van der Waals surface area contributed by atoms with Crippen LogP contribution in [0.4, 0.5) is 0 Å². The quantitative estimate of drug-likeness (QED) is 0.147. The van der Waals surface area contributed by atoms with Crippen molar-refractivity contribution in [1.82, 2.24) is 9.80 Å². The number of piperidine rings is 2. The predicted octanol–water partition coefficient (Wildman–Crippen LogP) is 13.2. The second-order valence-electron chi connectivity index (χ2n) is 18.0. The van der Waals surface area contributed by atoms with Crippen molar-refractivity contribution < 1.29 is 0 Å². The third-order valence-electron chi connectivity index (χ3n) is 13.4. The van der Waals surface area contributed by atoms with Gasteiger partial charge in [-0.15, -0.1) is 23.5 Å². The topological polar surface area (TPSA) is 6.48 Å². The van der Waals surface area contributed by atoms with Crippen LogP contribution in [0, 0.1) is 31.6 Å². The summed E-state index contributed by atoms with van der Waals surface area (Å²) in [7, 11) is 0. The van der Waals surface area contributed by atoms with Gasteiger partial charge in [-0.25, -0.2) is 0 Å². The van der Waals surface area contributed by atoms with Gasteiger partial charge in [0.15, 0.2) is 0 Å². The van der Waals surface area contributed by atoms with Crippen LogP contribution in [0.5, 0.6) is 0 Å². The van der Waals surface area contributed by atoms with Crippen LogP contribution in [0.1, 0.15) is 92.2 Å². The molecule has 8 rings (SSSR count). The first-order valence-electron chi connectivity index (χ1n) is 22.7. The summed E-state index contributed by atoms with van der Waals surface area (Å²) in [5, 5.41) is 0.647. The molecule has 4 aromatic rings. The van der Waals surface area contributed by atoms with Crippen LogP contribution < -0.4 is 0 Å². The van der Waals surface area contributed by atoms with Crippen molar-refractivity contribution >= 4 is 23.5 Å². The summed E-state index contributed by atoms with van der Waals surface area (Å²) in [4.78, 5) is 8.36. The van der Waals surface area contributed by atoms with Crippen molar-refractivity contribution in [3.05, 3.63) is 154 Å². The Hall–Kier alpha value is -3.02. The molecule has 308 valence electrons. The van der Waals surface area contributed by atoms with Crippen molar-refractivity contribution in [2.75, 3.05) is 45.0 Å². The van der Waals surface area contributed by atoms with Gasteiger partial charge in [0.2, 0.25) is 0 Å². The fraction of sp³-hybridized carbons (Fsp3) is 0.481. The number of hydrogen-bond acceptors (Lipinski definition) is 4. The molecule has 0 unspecified atom stereocenters. The van der Waals surface area contributed by atoms with E-state index >= 15 is 0 Å². The SMILES string of the molecule is Cc1ccc2c(c1)C/C(=C/CCN1CCC(Cc3ccccc3)CC1)CCS2.Cc1ccc2c(c1)C/C(=C\CCN1CCC(Cc3ccccc3)CC1)[C@@H](C)[C@@H](C)S2. The summed E-state index contributed by atoms with van der Waals surface area (Å²) < 4.78 is 0. The van der Waals surface area contributed by atoms with Crippen molar-refractivity contribution in [2.45, 2.75) is 113 Å². The number of hydrogen-bond donors (Lipinski definition) is 0. The highest BCUT2D eigenvalue weighted by atomic mass is 32.2. The zero-order chi connectivity index (χ0) is 40.1. The Kier molecular flexibility index (Phi) is 16.3. The predicted molar refractivity (Wildman–Crippen MR) is 254 cm³/mol. The molecule has 0 spiro atoms. The summed E-state index contributed by atoms with van der Waals surface area (Å²) in [6, 6.07) is 36.0. The molecule has 0 amide bonds. The maximum Gasteiger partial charge on any atom is 0.0129 e. The molecule has 2 saturated heterocycles. The maximum absolute atomic E-state index is 2.69. The number of likely N-dealkylation sites (tertiary alicyclic amines) is 2. The Balaban J connectivity index is 0.000000177. The first-order chi connectivity index (χ1) is 28.3. The van der Waals surface area contributed by atoms with E-state index in [0.717, 1.165) is 24.7 Å². The van der Waals surface area contributed by atoms with E-state index in [4.69, 9.17) is 0 Å². The van der Waals surface area contributed by atoms with Gasteiger partial charge >= 0.3 is 0 Å². The summed E-state index contributed by atoms with van der Waals surface area (Å²) in [6.45, 7) is 16.8. The molecule has 2 atom stereocenters. The van der Waals surface area contributed by atoms with Crippen LogP contribution in [-0.2, 0) is 25.7 Å². The maximum atomic E-state index is 2.69. The minimum atomic E-state index is 0.647. The van der Waals surface area contributed by atoms with Crippen molar-refractivity contribution in [3.8, 4) is 0 Å². The molecule has 4 heteroatoms. The number of benzene rings is 4. The van der Waals surface area contributed by atoms with Crippen LogP contribution in [-0.4, -0.2) is 60.1 Å². The molecule has 4 heterocycles. The molecule has 0 N–H and O–H groups in total. The van der Waals surface area contributed by atoms with E-state index in [1.165, 1.54) is 146 Å². The Morgan fingerprint density at radius 3 is 1.69 bits per heavy atom. The monoisotopic (exact) mass is 810 g/mol. The second-order valence-corrected chi connectivity index (χ2v) is 20.5. The normalized spacial score (nSPS) is 22.4. The molecule has 0 radical (unpaired) electrons. The fourth-order valence-corrected chi connectivity index (χ4v) is 11.9. The van der Waals surface area contributed by atoms with Gasteiger partial charge in [0.1, 0.15) is 0 Å². The first-order valence-corrected chi connectivity index (χ1v) is 24.6. The standard InChI is InChI=1S/C28H37NS.C26H33NS/c1-21-11-12-28-27(18-21)20-26(22(2)23(3)30-28)10-7-15-29-16-13-25(14-17-29)19-24-8-5-4-6-9-24;1-21-9-10-26-25(18-21)20-23(13-17-28-26)8-5-14-27-15-11-24(12-16-27)19-22-6-3-2-4-7-22/h4-6,8-12,18,22-23,25H,7,13-17,19-20H2,1-3H3;2-4,6-10,18,24H,5,11-17,19-20H2,1H3/b26-10+;23-8+/t22-,23+;/m0./s1. The molecule has 2 nitrogen and oxygen atoms in total. The van der Waals surface area contributed by atoms with E-state index in [2.05, 4.69) is 158 Å². The number of rotatable bonds is 10. The lowest BCUT2D eigenvalue weighted by molar-refractivity contribution is 0.186. The van der Waals surface area contributed by atoms with Crippen LogP contribution in [0.15, 0.2) is 130 Å². The van der Waals surface area contributed by atoms with Crippen LogP contribution in [0.25, 0.3) is 0 Å². The Bertz CT molecular complexity index is 1920. The lowest BCUT2D eigenvalue weighted by atomic mass is 9.89. The minimum Gasteiger partial charge on any atom is -0.303 e. The molecule has 0 bridgehead atoms. The smallest absolute Gasteiger partial charge is 0.0129 e. The number of fused-ring (bicyclic) bond motifs is 2. The van der Waals surface area contributed by atoms with Gasteiger partial charge in [0.25, 0.3) is 0 Å². The highest BCUT2D eigenvalue weighted by molar-refractivity contribution is 8.00. The van der Waals surface area contributed by atoms with Gasteiger partial charge in [-0.05, 0) is 163 Å². The van der Waals surface area contributed by atoms with E-state index in [-0.39, 0.29) is 0 Å². The molecule has 0 aliphatic carbocycles. The Labute approximate surface area is 361 Å². The molecular weight excluding hydrogens is 741 g/mol. The van der Waals surface area contributed by atoms with Gasteiger partial charge < -0.3 is 9.80 Å². The van der Waals surface area contributed by atoms with E-state index in [0.29, 0.717) is 11.2 Å². The first kappa shape index (κ1) is 43.1. The highest BCUT2D eigenvalue weighted by Crippen LogP contribution is 2.40. The summed E-state index contributed by atoms with van der Waals surface area (Å²) in [5.41, 5.74) is 12.2. The van der Waals surface area contributed by atoms with Gasteiger partial charge in [0.05, 0.1) is 0 Å². The second kappa shape index (κ2) is 22.0. The molecule has 4 aliphatic rings. The lowest BCUT2D eigenvalue weighted by Gasteiger charge is -2.32. The number of allylic oxidation sites excluding steroid dienone is 2. The Morgan fingerprint density at radius 1 is 0.603 bits per heavy atom. The van der Waals surface area contributed by atoms with E-state index in [1.54, 1.807) is 11.1 Å². The highest BCUT2D eigenvalue weighted by Gasteiger charge is 2.25. The van der Waals surface area contributed by atoms with Crippen LogP contribution >= 0.6 is 23.5 Å². The van der Waals surface area contributed by atoms with Crippen molar-refractivity contribution in [1.29, 1.82) is 0 Å². The molecule has 2 fully saturated rings. The Morgan fingerprint density at radius 2 is 1.12 bits per heavy atom. The summed E-state index contributed by atoms with van der Waals surface area (Å²) in [5.74, 6) is 3.61. The molecule has 0 saturated carbocycles. The minimum absolute atomic E-state index is 0.647. The summed E-state index contributed by atoms with van der Waals surface area (Å²) in [6.07, 6.45) is 19.0. The average molecular weight is 811 g/mol. The third kappa shape index (κ3) is 13.0.